The van der Waals surface area contributed by atoms with Crippen LogP contribution in [0.25, 0.3) is 0 Å². The van der Waals surface area contributed by atoms with Crippen LogP contribution < -0.4 is 0 Å². The van der Waals surface area contributed by atoms with Crippen LogP contribution in [-0.2, 0) is 4.79 Å². The van der Waals surface area contributed by atoms with E-state index in [4.69, 9.17) is 0 Å². The summed E-state index contributed by atoms with van der Waals surface area (Å²) in [5.41, 5.74) is -0.137. The summed E-state index contributed by atoms with van der Waals surface area (Å²) >= 11 is 1.69. The lowest BCUT2D eigenvalue weighted by atomic mass is 9.44. The van der Waals surface area contributed by atoms with Crippen molar-refractivity contribution in [2.45, 2.75) is 75.4 Å². The number of carbonyl (C=O) groups excluding carboxylic acids is 1. The van der Waals surface area contributed by atoms with Gasteiger partial charge in [-0.15, -0.1) is 0 Å². The van der Waals surface area contributed by atoms with Crippen molar-refractivity contribution in [2.75, 3.05) is 0 Å². The topological polar surface area (TPSA) is 57.5 Å². The molecule has 1 unspecified atom stereocenters. The zero-order valence-corrected chi connectivity index (χ0v) is 19.5. The van der Waals surface area contributed by atoms with E-state index in [2.05, 4.69) is 32.6 Å². The summed E-state index contributed by atoms with van der Waals surface area (Å²) in [6.45, 7) is 8.90. The van der Waals surface area contributed by atoms with E-state index in [1.54, 1.807) is 11.8 Å². The molecule has 5 rings (SSSR count). The number of fused-ring (bicyclic) bond motifs is 5. The summed E-state index contributed by atoms with van der Waals surface area (Å²) in [4.78, 5) is 14.9. The van der Waals surface area contributed by atoms with Gasteiger partial charge in [-0.3, -0.25) is 4.79 Å². The molecular formula is C27H34O3S. The minimum absolute atomic E-state index is 0.0669. The minimum atomic E-state index is -0.816. The Morgan fingerprint density at radius 3 is 2.58 bits per heavy atom. The number of allylic oxidation sites excluding steroid dienone is 2. The van der Waals surface area contributed by atoms with Crippen LogP contribution in [0.5, 0.6) is 0 Å². The highest BCUT2D eigenvalue weighted by Crippen LogP contribution is 2.68. The van der Waals surface area contributed by atoms with Crippen molar-refractivity contribution in [3.05, 3.63) is 53.5 Å². The van der Waals surface area contributed by atoms with Gasteiger partial charge in [0.2, 0.25) is 0 Å². The normalized spacial score (nSPS) is 44.1. The Bertz CT molecular complexity index is 939. The van der Waals surface area contributed by atoms with Crippen molar-refractivity contribution in [2.24, 2.45) is 28.6 Å². The highest BCUT2D eigenvalue weighted by Gasteiger charge is 2.67. The van der Waals surface area contributed by atoms with Gasteiger partial charge in [0.25, 0.3) is 0 Å². The molecule has 0 bridgehead atoms. The van der Waals surface area contributed by atoms with E-state index in [0.717, 1.165) is 35.5 Å². The molecule has 0 saturated heterocycles. The lowest BCUT2D eigenvalue weighted by Gasteiger charge is -2.62. The monoisotopic (exact) mass is 438 g/mol. The predicted octanol–water partition coefficient (Wildman–Crippen LogP) is 5.53. The molecule has 7 atom stereocenters. The number of aliphatic hydroxyl groups is 2. The van der Waals surface area contributed by atoms with Crippen molar-refractivity contribution in [1.82, 2.24) is 0 Å². The summed E-state index contributed by atoms with van der Waals surface area (Å²) in [5, 5.41) is 22.7. The fraction of sp³-hybridized carbons (Fsp3) is 0.593. The molecule has 4 aliphatic rings. The number of hydrogen-bond acceptors (Lipinski definition) is 4. The standard InChI is InChI=1S/C27H34O3S/c1-17(31-20-7-5-4-6-8-20)23-16-19(28)15-18-9-10-22-21(26(18,23)3)11-13-25(2)24(29)12-14-27(22,25)30/h4-8,15,21-24,29-30H,1,9-14,16H2,2-3H3/t21-,22+,23?,24-,25+,26-,27+/m0/s1. The second kappa shape index (κ2) is 7.33. The van der Waals surface area contributed by atoms with Gasteiger partial charge in [-0.2, -0.15) is 0 Å². The molecule has 0 aromatic heterocycles. The summed E-state index contributed by atoms with van der Waals surface area (Å²) < 4.78 is 0. The number of thioether (sulfide) groups is 1. The maximum atomic E-state index is 12.7. The van der Waals surface area contributed by atoms with Crippen molar-refractivity contribution >= 4 is 17.5 Å². The third-order valence-electron chi connectivity index (χ3n) is 9.63. The van der Waals surface area contributed by atoms with E-state index in [9.17, 15) is 15.0 Å². The molecular weight excluding hydrogens is 404 g/mol. The molecule has 1 aromatic carbocycles. The van der Waals surface area contributed by atoms with Crippen LogP contribution in [0.4, 0.5) is 0 Å². The molecule has 166 valence electrons. The summed E-state index contributed by atoms with van der Waals surface area (Å²) in [5.74, 6) is 0.747. The van der Waals surface area contributed by atoms with Crippen molar-refractivity contribution in [3.8, 4) is 0 Å². The van der Waals surface area contributed by atoms with Gasteiger partial charge in [0.05, 0.1) is 11.7 Å². The largest absolute Gasteiger partial charge is 0.392 e. The molecule has 2 N–H and O–H groups in total. The quantitative estimate of drug-likeness (QED) is 0.610. The number of ketones is 1. The van der Waals surface area contributed by atoms with E-state index in [0.29, 0.717) is 25.2 Å². The van der Waals surface area contributed by atoms with E-state index in [1.807, 2.05) is 24.3 Å². The molecule has 0 heterocycles. The molecule has 0 amide bonds. The first-order valence-electron chi connectivity index (χ1n) is 11.8. The highest BCUT2D eigenvalue weighted by molar-refractivity contribution is 8.03. The third-order valence-corrected chi connectivity index (χ3v) is 10.7. The zero-order valence-electron chi connectivity index (χ0n) is 18.6. The smallest absolute Gasteiger partial charge is 0.156 e. The number of rotatable bonds is 3. The Hall–Kier alpha value is -1.36. The van der Waals surface area contributed by atoms with E-state index in [1.165, 1.54) is 5.57 Å². The van der Waals surface area contributed by atoms with E-state index >= 15 is 0 Å². The van der Waals surface area contributed by atoms with Gasteiger partial charge in [0.1, 0.15) is 0 Å². The maximum absolute atomic E-state index is 12.7. The number of carbonyl (C=O) groups is 1. The molecule has 0 spiro atoms. The Balaban J connectivity index is 1.52. The number of aliphatic hydroxyl groups excluding tert-OH is 1. The molecule has 0 aliphatic heterocycles. The van der Waals surface area contributed by atoms with Crippen LogP contribution in [0.3, 0.4) is 0 Å². The first kappa shape index (κ1) is 21.5. The first-order valence-corrected chi connectivity index (χ1v) is 12.6. The number of hydrogen-bond donors (Lipinski definition) is 2. The van der Waals surface area contributed by atoms with Crippen molar-refractivity contribution in [1.29, 1.82) is 0 Å². The second-order valence-corrected chi connectivity index (χ2v) is 11.9. The van der Waals surface area contributed by atoms with Gasteiger partial charge in [-0.1, -0.05) is 56.0 Å². The minimum Gasteiger partial charge on any atom is -0.392 e. The molecule has 0 radical (unpaired) electrons. The van der Waals surface area contributed by atoms with Gasteiger partial charge < -0.3 is 10.2 Å². The van der Waals surface area contributed by atoms with Gasteiger partial charge in [-0.25, -0.2) is 0 Å². The average Bonchev–Trinajstić information content (AvgIpc) is 2.99. The van der Waals surface area contributed by atoms with Crippen LogP contribution in [0.1, 0.15) is 58.8 Å². The van der Waals surface area contributed by atoms with Gasteiger partial charge in [0, 0.05) is 22.6 Å². The fourth-order valence-electron chi connectivity index (χ4n) is 7.74. The molecule has 4 aliphatic carbocycles. The summed E-state index contributed by atoms with van der Waals surface area (Å²) in [6, 6.07) is 10.3. The molecule has 1 aromatic rings. The molecule has 3 fully saturated rings. The lowest BCUT2D eigenvalue weighted by Crippen LogP contribution is -2.62. The second-order valence-electron chi connectivity index (χ2n) is 10.7. The average molecular weight is 439 g/mol. The van der Waals surface area contributed by atoms with Crippen LogP contribution in [0.2, 0.25) is 0 Å². The molecule has 3 nitrogen and oxygen atoms in total. The maximum Gasteiger partial charge on any atom is 0.156 e. The van der Waals surface area contributed by atoms with Crippen LogP contribution in [0, 0.1) is 28.6 Å². The summed E-state index contributed by atoms with van der Waals surface area (Å²) in [6.07, 6.45) is 6.96. The Labute approximate surface area is 190 Å². The van der Waals surface area contributed by atoms with Crippen LogP contribution in [-0.4, -0.2) is 27.7 Å². The first-order chi connectivity index (χ1) is 14.7. The van der Waals surface area contributed by atoms with Gasteiger partial charge in [0.15, 0.2) is 5.78 Å². The summed E-state index contributed by atoms with van der Waals surface area (Å²) in [7, 11) is 0. The van der Waals surface area contributed by atoms with Crippen molar-refractivity contribution in [3.63, 3.8) is 0 Å². The Kier molecular flexibility index (Phi) is 5.08. The molecule has 31 heavy (non-hydrogen) atoms. The SMILES string of the molecule is C=C(Sc1ccccc1)C1CC(=O)C=C2CC[C@@H]3[C@H](CC[C@]4(C)[C@@H](O)CC[C@@]34O)[C@]21C. The predicted molar refractivity (Wildman–Crippen MR) is 124 cm³/mol. The van der Waals surface area contributed by atoms with Crippen molar-refractivity contribution < 1.29 is 15.0 Å². The lowest BCUT2D eigenvalue weighted by molar-refractivity contribution is -0.196. The Morgan fingerprint density at radius 1 is 1.10 bits per heavy atom. The molecule has 3 saturated carbocycles. The highest BCUT2D eigenvalue weighted by atomic mass is 32.2. The van der Waals surface area contributed by atoms with Gasteiger partial charge in [-0.05, 0) is 78.9 Å². The van der Waals surface area contributed by atoms with E-state index < -0.39 is 17.1 Å². The van der Waals surface area contributed by atoms with E-state index in [-0.39, 0.29) is 23.0 Å². The molecule has 4 heteroatoms. The van der Waals surface area contributed by atoms with Crippen LogP contribution in [0.15, 0.2) is 58.4 Å². The third kappa shape index (κ3) is 2.98. The Morgan fingerprint density at radius 2 is 1.84 bits per heavy atom. The fourth-order valence-corrected chi connectivity index (χ4v) is 8.81. The van der Waals surface area contributed by atoms with Crippen LogP contribution >= 0.6 is 11.8 Å². The van der Waals surface area contributed by atoms with Gasteiger partial charge >= 0.3 is 0 Å². The number of benzene rings is 1. The zero-order chi connectivity index (χ0) is 22.0.